The topological polar surface area (TPSA) is 113 Å². The lowest BCUT2D eigenvalue weighted by atomic mass is 9.97. The zero-order chi connectivity index (χ0) is 23.8. The van der Waals surface area contributed by atoms with Crippen LogP contribution in [0.1, 0.15) is 23.5 Å². The molecule has 3 aromatic carbocycles. The molecule has 0 bridgehead atoms. The summed E-state index contributed by atoms with van der Waals surface area (Å²) in [6.07, 6.45) is 0.184. The van der Waals surface area contributed by atoms with Crippen molar-refractivity contribution < 1.29 is 22.3 Å². The van der Waals surface area contributed by atoms with Crippen LogP contribution in [-0.4, -0.2) is 20.9 Å². The first-order valence-electron chi connectivity index (χ1n) is 9.76. The van der Waals surface area contributed by atoms with Crippen LogP contribution in [0.25, 0.3) is 0 Å². The minimum absolute atomic E-state index is 0.0278. The molecule has 1 fully saturated rings. The Labute approximate surface area is 194 Å². The van der Waals surface area contributed by atoms with Gasteiger partial charge in [0.2, 0.25) is 15.9 Å². The molecule has 1 heterocycles. The second-order valence-corrected chi connectivity index (χ2v) is 9.48. The summed E-state index contributed by atoms with van der Waals surface area (Å²) in [4.78, 5) is 14.3. The second-order valence-electron chi connectivity index (χ2n) is 7.48. The van der Waals surface area contributed by atoms with Crippen LogP contribution in [0, 0.1) is 17.1 Å². The van der Waals surface area contributed by atoms with Crippen LogP contribution in [0.15, 0.2) is 65.6 Å². The summed E-state index contributed by atoms with van der Waals surface area (Å²) >= 11 is 6.15. The molecule has 0 aliphatic carbocycles. The van der Waals surface area contributed by atoms with Crippen LogP contribution in [0.2, 0.25) is 5.02 Å². The number of nitriles is 1. The highest BCUT2D eigenvalue weighted by atomic mass is 35.5. The van der Waals surface area contributed by atoms with Gasteiger partial charge in [0, 0.05) is 35.2 Å². The van der Waals surface area contributed by atoms with Gasteiger partial charge < -0.3 is 9.64 Å². The Morgan fingerprint density at radius 2 is 1.82 bits per heavy atom. The third kappa shape index (κ3) is 4.83. The largest absolute Gasteiger partial charge is 0.456 e. The van der Waals surface area contributed by atoms with Gasteiger partial charge in [-0.15, -0.1) is 0 Å². The normalized spacial score (nSPS) is 16.0. The fourth-order valence-corrected chi connectivity index (χ4v) is 4.39. The number of ether oxygens (including phenoxy) is 1. The first-order chi connectivity index (χ1) is 15.7. The molecule has 1 amide bonds. The first-order valence-corrected chi connectivity index (χ1v) is 11.7. The highest BCUT2D eigenvalue weighted by Gasteiger charge is 2.33. The number of carbonyl (C=O) groups is 1. The summed E-state index contributed by atoms with van der Waals surface area (Å²) in [5.41, 5.74) is 1.27. The predicted molar refractivity (Wildman–Crippen MR) is 120 cm³/mol. The van der Waals surface area contributed by atoms with Gasteiger partial charge in [-0.25, -0.2) is 17.9 Å². The van der Waals surface area contributed by atoms with Crippen molar-refractivity contribution in [1.82, 2.24) is 0 Å². The molecule has 0 aromatic heterocycles. The zero-order valence-corrected chi connectivity index (χ0v) is 18.6. The van der Waals surface area contributed by atoms with Crippen molar-refractivity contribution in [3.8, 4) is 17.6 Å². The molecule has 1 saturated heterocycles. The van der Waals surface area contributed by atoms with Gasteiger partial charge in [0.1, 0.15) is 23.4 Å². The van der Waals surface area contributed by atoms with E-state index < -0.39 is 15.8 Å². The number of sulfonamides is 1. The molecule has 1 atom stereocenters. The molecule has 168 valence electrons. The Kier molecular flexibility index (Phi) is 6.08. The summed E-state index contributed by atoms with van der Waals surface area (Å²) in [6.45, 7) is 0.320. The SMILES string of the molecule is N#Cc1cc(F)ccc1Oc1cc(Cl)ccc1[C@H]1CC(=O)N(c2ccc(S(N)(=O)=O)cc2)C1. The van der Waals surface area contributed by atoms with Crippen molar-refractivity contribution in [2.24, 2.45) is 5.14 Å². The van der Waals surface area contributed by atoms with Crippen molar-refractivity contribution >= 4 is 33.2 Å². The van der Waals surface area contributed by atoms with Crippen molar-refractivity contribution in [3.05, 3.63) is 82.6 Å². The summed E-state index contributed by atoms with van der Waals surface area (Å²) < 4.78 is 42.4. The summed E-state index contributed by atoms with van der Waals surface area (Å²) in [6, 6.07) is 16.3. The fourth-order valence-electron chi connectivity index (χ4n) is 3.71. The van der Waals surface area contributed by atoms with Crippen molar-refractivity contribution in [2.45, 2.75) is 17.2 Å². The van der Waals surface area contributed by atoms with E-state index in [2.05, 4.69) is 0 Å². The van der Waals surface area contributed by atoms with E-state index in [9.17, 15) is 22.9 Å². The lowest BCUT2D eigenvalue weighted by Crippen LogP contribution is -2.24. The number of hydrogen-bond donors (Lipinski definition) is 1. The molecule has 1 aliphatic heterocycles. The Morgan fingerprint density at radius 3 is 2.48 bits per heavy atom. The summed E-state index contributed by atoms with van der Waals surface area (Å²) in [5.74, 6) is -0.440. The van der Waals surface area contributed by atoms with Crippen LogP contribution in [0.4, 0.5) is 10.1 Å². The first kappa shape index (κ1) is 22.7. The lowest BCUT2D eigenvalue weighted by molar-refractivity contribution is -0.117. The smallest absolute Gasteiger partial charge is 0.238 e. The van der Waals surface area contributed by atoms with Crippen molar-refractivity contribution in [3.63, 3.8) is 0 Å². The van der Waals surface area contributed by atoms with Gasteiger partial charge in [-0.1, -0.05) is 17.7 Å². The summed E-state index contributed by atoms with van der Waals surface area (Å²) in [5, 5.41) is 14.8. The minimum atomic E-state index is -3.84. The van der Waals surface area contributed by atoms with Crippen LogP contribution >= 0.6 is 11.6 Å². The van der Waals surface area contributed by atoms with Crippen LogP contribution in [-0.2, 0) is 14.8 Å². The van der Waals surface area contributed by atoms with Crippen molar-refractivity contribution in [2.75, 3.05) is 11.4 Å². The minimum Gasteiger partial charge on any atom is -0.456 e. The van der Waals surface area contributed by atoms with Gasteiger partial charge >= 0.3 is 0 Å². The van der Waals surface area contributed by atoms with E-state index in [1.165, 1.54) is 36.4 Å². The third-order valence-electron chi connectivity index (χ3n) is 5.30. The van der Waals surface area contributed by atoms with Gasteiger partial charge in [0.15, 0.2) is 0 Å². The molecule has 0 unspecified atom stereocenters. The molecule has 1 aliphatic rings. The Hall–Kier alpha value is -3.45. The van der Waals surface area contributed by atoms with E-state index in [1.54, 1.807) is 23.1 Å². The molecular weight excluding hydrogens is 469 g/mol. The molecule has 4 rings (SSSR count). The van der Waals surface area contributed by atoms with Crippen molar-refractivity contribution in [1.29, 1.82) is 5.26 Å². The van der Waals surface area contributed by atoms with E-state index in [0.29, 0.717) is 28.6 Å². The molecule has 2 N–H and O–H groups in total. The fraction of sp³-hybridized carbons (Fsp3) is 0.130. The number of hydrogen-bond acceptors (Lipinski definition) is 5. The number of halogens is 2. The molecule has 0 saturated carbocycles. The highest BCUT2D eigenvalue weighted by molar-refractivity contribution is 7.89. The maximum atomic E-state index is 13.5. The molecule has 33 heavy (non-hydrogen) atoms. The number of nitrogens with two attached hydrogens (primary N) is 1. The Balaban J connectivity index is 1.63. The number of carbonyl (C=O) groups excluding carboxylic acids is 1. The maximum absolute atomic E-state index is 13.5. The number of rotatable bonds is 5. The molecule has 7 nitrogen and oxygen atoms in total. The predicted octanol–water partition coefficient (Wildman–Crippen LogP) is 4.31. The number of nitrogens with zero attached hydrogens (tertiary/aromatic N) is 2. The molecular formula is C23H17ClFN3O4S. The number of amides is 1. The number of benzene rings is 3. The monoisotopic (exact) mass is 485 g/mol. The van der Waals surface area contributed by atoms with Gasteiger partial charge in [-0.2, -0.15) is 5.26 Å². The van der Waals surface area contributed by atoms with Crippen LogP contribution in [0.3, 0.4) is 0 Å². The van der Waals surface area contributed by atoms with Crippen LogP contribution < -0.4 is 14.8 Å². The van der Waals surface area contributed by atoms with Crippen LogP contribution in [0.5, 0.6) is 11.5 Å². The molecule has 0 radical (unpaired) electrons. The van der Waals surface area contributed by atoms with E-state index in [-0.39, 0.29) is 34.5 Å². The quantitative estimate of drug-likeness (QED) is 0.578. The Morgan fingerprint density at radius 1 is 1.09 bits per heavy atom. The van der Waals surface area contributed by atoms with Gasteiger partial charge in [-0.05, 0) is 54.6 Å². The number of primary sulfonamides is 1. The standard InChI is InChI=1S/C23H17ClFN3O4S/c24-16-1-7-20(22(11-16)32-21-8-2-17(25)9-14(21)12-26)15-10-23(29)28(13-15)18-3-5-19(6-4-18)33(27,30)31/h1-9,11,15H,10,13H2,(H2,27,30,31)/t15-/m0/s1. The highest BCUT2D eigenvalue weighted by Crippen LogP contribution is 2.40. The third-order valence-corrected chi connectivity index (χ3v) is 6.46. The lowest BCUT2D eigenvalue weighted by Gasteiger charge is -2.19. The summed E-state index contributed by atoms with van der Waals surface area (Å²) in [7, 11) is -3.84. The molecule has 3 aromatic rings. The van der Waals surface area contributed by atoms with E-state index >= 15 is 0 Å². The zero-order valence-electron chi connectivity index (χ0n) is 17.0. The second kappa shape index (κ2) is 8.83. The van der Waals surface area contributed by atoms with Gasteiger partial charge in [-0.3, -0.25) is 4.79 Å². The van der Waals surface area contributed by atoms with E-state index in [4.69, 9.17) is 21.5 Å². The number of anilines is 1. The van der Waals surface area contributed by atoms with E-state index in [0.717, 1.165) is 6.07 Å². The maximum Gasteiger partial charge on any atom is 0.238 e. The molecule has 10 heteroatoms. The van der Waals surface area contributed by atoms with E-state index in [1.807, 2.05) is 6.07 Å². The Bertz CT molecular complexity index is 1390. The average molecular weight is 486 g/mol. The van der Waals surface area contributed by atoms with Gasteiger partial charge in [0.25, 0.3) is 0 Å². The molecule has 0 spiro atoms. The average Bonchev–Trinajstić information content (AvgIpc) is 3.16. The van der Waals surface area contributed by atoms with Gasteiger partial charge in [0.05, 0.1) is 10.5 Å².